The minimum atomic E-state index is -0.689. The minimum Gasteiger partial charge on any atom is -0.378 e. The molecule has 0 bridgehead atoms. The Hall–Kier alpha value is -1.95. The second kappa shape index (κ2) is 5.11. The van der Waals surface area contributed by atoms with Crippen LogP contribution < -0.4 is 5.73 Å². The summed E-state index contributed by atoms with van der Waals surface area (Å²) < 4.78 is 37.6. The van der Waals surface area contributed by atoms with Gasteiger partial charge >= 0.3 is 0 Å². The van der Waals surface area contributed by atoms with Crippen molar-refractivity contribution in [3.8, 4) is 11.1 Å². The zero-order valence-corrected chi connectivity index (χ0v) is 11.7. The van der Waals surface area contributed by atoms with Crippen molar-refractivity contribution in [3.05, 3.63) is 35.5 Å². The van der Waals surface area contributed by atoms with Gasteiger partial charge in [-0.15, -0.1) is 0 Å². The second-order valence-corrected chi connectivity index (χ2v) is 5.41. The first-order valence-electron chi connectivity index (χ1n) is 6.79. The Balaban J connectivity index is 2.01. The summed E-state index contributed by atoms with van der Waals surface area (Å²) in [5.74, 6) is -1.30. The zero-order chi connectivity index (χ0) is 15.0. The molecule has 1 saturated carbocycles. The van der Waals surface area contributed by atoms with Gasteiger partial charge in [0.2, 0.25) is 5.88 Å². The van der Waals surface area contributed by atoms with Crippen molar-refractivity contribution >= 4 is 5.88 Å². The first kappa shape index (κ1) is 14.0. The highest BCUT2D eigenvalue weighted by Crippen LogP contribution is 2.41. The summed E-state index contributed by atoms with van der Waals surface area (Å²) in [5.41, 5.74) is 6.60. The molecule has 0 unspecified atom stereocenters. The lowest BCUT2D eigenvalue weighted by Gasteiger charge is -2.40. The van der Waals surface area contributed by atoms with E-state index in [4.69, 9.17) is 15.0 Å². The van der Waals surface area contributed by atoms with Gasteiger partial charge in [-0.3, -0.25) is 0 Å². The van der Waals surface area contributed by atoms with E-state index in [1.165, 1.54) is 12.1 Å². The van der Waals surface area contributed by atoms with Crippen molar-refractivity contribution in [3.63, 3.8) is 0 Å². The normalized spacial score (nSPS) is 16.7. The minimum absolute atomic E-state index is 0.0288. The van der Waals surface area contributed by atoms with Gasteiger partial charge in [-0.25, -0.2) is 8.78 Å². The zero-order valence-electron chi connectivity index (χ0n) is 11.7. The number of rotatable bonds is 4. The molecule has 4 nitrogen and oxygen atoms in total. The molecule has 3 rings (SSSR count). The fourth-order valence-corrected chi connectivity index (χ4v) is 2.77. The Bertz CT molecular complexity index is 660. The van der Waals surface area contributed by atoms with E-state index in [9.17, 15) is 8.78 Å². The van der Waals surface area contributed by atoms with E-state index in [1.54, 1.807) is 7.11 Å². The van der Waals surface area contributed by atoms with E-state index in [2.05, 4.69) is 5.16 Å². The summed E-state index contributed by atoms with van der Waals surface area (Å²) in [7, 11) is 1.65. The lowest BCUT2D eigenvalue weighted by Crippen LogP contribution is -2.41. The molecule has 1 aromatic heterocycles. The fourth-order valence-electron chi connectivity index (χ4n) is 2.77. The van der Waals surface area contributed by atoms with Crippen LogP contribution in [0.1, 0.15) is 25.0 Å². The maximum Gasteiger partial charge on any atom is 0.230 e. The van der Waals surface area contributed by atoms with Gasteiger partial charge in [-0.05, 0) is 31.4 Å². The smallest absolute Gasteiger partial charge is 0.230 e. The van der Waals surface area contributed by atoms with Crippen LogP contribution >= 0.6 is 0 Å². The summed E-state index contributed by atoms with van der Waals surface area (Å²) in [5, 5.41) is 3.93. The Labute approximate surface area is 120 Å². The van der Waals surface area contributed by atoms with E-state index < -0.39 is 11.6 Å². The summed E-state index contributed by atoms with van der Waals surface area (Å²) in [6.07, 6.45) is 3.42. The van der Waals surface area contributed by atoms with Crippen molar-refractivity contribution in [2.45, 2.75) is 31.3 Å². The molecular formula is C15H16F2N2O2. The topological polar surface area (TPSA) is 61.3 Å². The van der Waals surface area contributed by atoms with Gasteiger partial charge in [0.15, 0.2) is 0 Å². The van der Waals surface area contributed by atoms with E-state index in [0.717, 1.165) is 25.3 Å². The molecule has 0 aliphatic heterocycles. The summed E-state index contributed by atoms with van der Waals surface area (Å²) >= 11 is 0. The van der Waals surface area contributed by atoms with Crippen molar-refractivity contribution in [2.75, 3.05) is 12.8 Å². The predicted octanol–water partition coefficient (Wildman–Crippen LogP) is 3.31. The molecule has 1 aliphatic carbocycles. The highest BCUT2D eigenvalue weighted by atomic mass is 19.1. The number of nitrogens with two attached hydrogens (primary N) is 1. The van der Waals surface area contributed by atoms with E-state index in [1.807, 2.05) is 0 Å². The predicted molar refractivity (Wildman–Crippen MR) is 73.6 cm³/mol. The molecule has 1 aliphatic rings. The van der Waals surface area contributed by atoms with Gasteiger partial charge in [-0.1, -0.05) is 5.16 Å². The number of nitrogen functional groups attached to an aromatic ring is 1. The highest BCUT2D eigenvalue weighted by molar-refractivity contribution is 5.75. The van der Waals surface area contributed by atoms with Crippen molar-refractivity contribution in [1.29, 1.82) is 0 Å². The molecule has 0 saturated heterocycles. The number of anilines is 1. The molecule has 0 atom stereocenters. The summed E-state index contributed by atoms with van der Waals surface area (Å²) in [4.78, 5) is 0. The van der Waals surface area contributed by atoms with Gasteiger partial charge in [-0.2, -0.15) is 0 Å². The molecule has 0 radical (unpaired) electrons. The quantitative estimate of drug-likeness (QED) is 0.939. The maximum atomic E-state index is 14.0. The lowest BCUT2D eigenvalue weighted by molar-refractivity contribution is -0.0717. The molecule has 1 fully saturated rings. The number of hydrogen-bond donors (Lipinski definition) is 1. The third-order valence-corrected chi connectivity index (χ3v) is 4.18. The van der Waals surface area contributed by atoms with Crippen LogP contribution in [0.4, 0.5) is 14.7 Å². The standard InChI is InChI=1S/C15H16F2N2O2/c1-20-15(5-2-6-15)8-12-13(14(18)21-19-12)10-4-3-9(16)7-11(10)17/h3-4,7H,2,5-6,8,18H2,1H3. The summed E-state index contributed by atoms with van der Waals surface area (Å²) in [6, 6.07) is 3.35. The summed E-state index contributed by atoms with van der Waals surface area (Å²) in [6.45, 7) is 0. The van der Waals surface area contributed by atoms with Crippen LogP contribution in [0.2, 0.25) is 0 Å². The Kier molecular flexibility index (Phi) is 3.41. The Morgan fingerprint density at radius 2 is 2.14 bits per heavy atom. The fraction of sp³-hybridized carbons (Fsp3) is 0.400. The first-order valence-corrected chi connectivity index (χ1v) is 6.79. The first-order chi connectivity index (χ1) is 10.0. The van der Waals surface area contributed by atoms with Gasteiger partial charge in [0.1, 0.15) is 11.6 Å². The maximum absolute atomic E-state index is 14.0. The van der Waals surface area contributed by atoms with Crippen LogP contribution in [0.25, 0.3) is 11.1 Å². The number of ether oxygens (including phenoxy) is 1. The van der Waals surface area contributed by atoms with Crippen LogP contribution in [-0.2, 0) is 11.2 Å². The highest BCUT2D eigenvalue weighted by Gasteiger charge is 2.39. The number of halogens is 2. The second-order valence-electron chi connectivity index (χ2n) is 5.41. The SMILES string of the molecule is COC1(Cc2noc(N)c2-c2ccc(F)cc2F)CCC1. The van der Waals surface area contributed by atoms with Crippen LogP contribution in [0.5, 0.6) is 0 Å². The Morgan fingerprint density at radius 3 is 2.71 bits per heavy atom. The van der Waals surface area contributed by atoms with Gasteiger partial charge < -0.3 is 15.0 Å². The molecular weight excluding hydrogens is 278 g/mol. The molecule has 6 heteroatoms. The van der Waals surface area contributed by atoms with Gasteiger partial charge in [0.05, 0.1) is 16.9 Å². The molecule has 21 heavy (non-hydrogen) atoms. The number of methoxy groups -OCH3 is 1. The molecule has 2 aromatic rings. The molecule has 1 heterocycles. The molecule has 112 valence electrons. The van der Waals surface area contributed by atoms with Crippen LogP contribution in [0, 0.1) is 11.6 Å². The van der Waals surface area contributed by atoms with Crippen LogP contribution in [0.15, 0.2) is 22.7 Å². The molecule has 2 N–H and O–H groups in total. The van der Waals surface area contributed by atoms with Crippen molar-refractivity contribution < 1.29 is 18.0 Å². The van der Waals surface area contributed by atoms with Crippen molar-refractivity contribution in [2.24, 2.45) is 0 Å². The molecule has 0 spiro atoms. The monoisotopic (exact) mass is 294 g/mol. The number of benzene rings is 1. The van der Waals surface area contributed by atoms with Gasteiger partial charge in [0.25, 0.3) is 0 Å². The lowest BCUT2D eigenvalue weighted by atomic mass is 9.76. The van der Waals surface area contributed by atoms with E-state index >= 15 is 0 Å². The average Bonchev–Trinajstić information content (AvgIpc) is 2.75. The van der Waals surface area contributed by atoms with Crippen molar-refractivity contribution in [1.82, 2.24) is 5.16 Å². The van der Waals surface area contributed by atoms with Gasteiger partial charge in [0, 0.05) is 25.2 Å². The van der Waals surface area contributed by atoms with Crippen LogP contribution in [-0.4, -0.2) is 17.9 Å². The number of aromatic nitrogens is 1. The third kappa shape index (κ3) is 2.40. The Morgan fingerprint density at radius 1 is 1.38 bits per heavy atom. The molecule has 1 aromatic carbocycles. The van der Waals surface area contributed by atoms with E-state index in [0.29, 0.717) is 17.7 Å². The van der Waals surface area contributed by atoms with Crippen LogP contribution in [0.3, 0.4) is 0 Å². The average molecular weight is 294 g/mol. The number of hydrogen-bond acceptors (Lipinski definition) is 4. The van der Waals surface area contributed by atoms with E-state index in [-0.39, 0.29) is 17.0 Å². The largest absolute Gasteiger partial charge is 0.378 e. The third-order valence-electron chi connectivity index (χ3n) is 4.18. The molecule has 0 amide bonds. The number of nitrogens with zero attached hydrogens (tertiary/aromatic N) is 1.